The Morgan fingerprint density at radius 1 is 1.30 bits per heavy atom. The van der Waals surface area contributed by atoms with E-state index in [0.717, 1.165) is 22.7 Å². The molecule has 0 bridgehead atoms. The minimum Gasteiger partial charge on any atom is -0.481 e. The highest BCUT2D eigenvalue weighted by Crippen LogP contribution is 2.25. The number of aryl methyl sites for hydroxylation is 1. The number of benzene rings is 1. The Balaban J connectivity index is 2.06. The van der Waals surface area contributed by atoms with E-state index < -0.39 is 5.97 Å². The number of hydrogen-bond donors (Lipinski definition) is 1. The van der Waals surface area contributed by atoms with Gasteiger partial charge >= 0.3 is 5.97 Å². The third kappa shape index (κ3) is 4.17. The highest BCUT2D eigenvalue weighted by Gasteiger charge is 2.07. The van der Waals surface area contributed by atoms with Crippen molar-refractivity contribution in [3.8, 4) is 10.6 Å². The van der Waals surface area contributed by atoms with Crippen LogP contribution in [0, 0.1) is 5.92 Å². The summed E-state index contributed by atoms with van der Waals surface area (Å²) in [4.78, 5) is 15.0. The first-order valence-corrected chi connectivity index (χ1v) is 7.68. The molecule has 0 fully saturated rings. The molecule has 0 spiro atoms. The Morgan fingerprint density at radius 2 is 2.00 bits per heavy atom. The largest absolute Gasteiger partial charge is 0.481 e. The maximum absolute atomic E-state index is 10.6. The molecule has 20 heavy (non-hydrogen) atoms. The predicted molar refractivity (Wildman–Crippen MR) is 82.0 cm³/mol. The van der Waals surface area contributed by atoms with E-state index in [1.165, 1.54) is 5.56 Å². The van der Waals surface area contributed by atoms with Gasteiger partial charge in [0.05, 0.1) is 12.1 Å². The molecule has 2 aromatic rings. The van der Waals surface area contributed by atoms with Gasteiger partial charge in [0.1, 0.15) is 5.01 Å². The van der Waals surface area contributed by atoms with Crippen LogP contribution < -0.4 is 0 Å². The molecule has 1 N–H and O–H groups in total. The molecule has 4 heteroatoms. The van der Waals surface area contributed by atoms with Gasteiger partial charge in [0.25, 0.3) is 0 Å². The van der Waals surface area contributed by atoms with Crippen molar-refractivity contribution in [2.24, 2.45) is 5.92 Å². The van der Waals surface area contributed by atoms with Gasteiger partial charge in [-0.05, 0) is 17.9 Å². The molecular weight excluding hydrogens is 270 g/mol. The molecule has 0 unspecified atom stereocenters. The van der Waals surface area contributed by atoms with Gasteiger partial charge in [-0.25, -0.2) is 4.98 Å². The van der Waals surface area contributed by atoms with Crippen molar-refractivity contribution in [2.75, 3.05) is 0 Å². The summed E-state index contributed by atoms with van der Waals surface area (Å²) in [5.41, 5.74) is 3.30. The van der Waals surface area contributed by atoms with Gasteiger partial charge in [0.2, 0.25) is 0 Å². The zero-order valence-electron chi connectivity index (χ0n) is 11.8. The molecular formula is C16H19NO2S. The van der Waals surface area contributed by atoms with E-state index in [1.807, 2.05) is 5.38 Å². The fourth-order valence-corrected chi connectivity index (χ4v) is 2.90. The first kappa shape index (κ1) is 14.7. The van der Waals surface area contributed by atoms with E-state index in [9.17, 15) is 4.79 Å². The number of carboxylic acid groups (broad SMARTS) is 1. The molecule has 3 nitrogen and oxygen atoms in total. The third-order valence-corrected chi connectivity index (χ3v) is 3.93. The zero-order valence-corrected chi connectivity index (χ0v) is 12.6. The molecule has 0 aliphatic heterocycles. The van der Waals surface area contributed by atoms with E-state index in [1.54, 1.807) is 11.3 Å². The average Bonchev–Trinajstić information content (AvgIpc) is 2.85. The standard InChI is InChI=1S/C16H19NO2S/c1-11(2)9-12-3-5-13(6-4-12)16-17-14(10-20-16)7-8-15(18)19/h3-6,10-11H,7-9H2,1-2H3,(H,18,19). The fourth-order valence-electron chi connectivity index (χ4n) is 2.04. The van der Waals surface area contributed by atoms with Gasteiger partial charge in [-0.2, -0.15) is 0 Å². The molecule has 1 heterocycles. The van der Waals surface area contributed by atoms with Gasteiger partial charge in [0, 0.05) is 17.4 Å². The lowest BCUT2D eigenvalue weighted by Gasteiger charge is -2.05. The van der Waals surface area contributed by atoms with Crippen LogP contribution in [0.2, 0.25) is 0 Å². The lowest BCUT2D eigenvalue weighted by molar-refractivity contribution is -0.136. The summed E-state index contributed by atoms with van der Waals surface area (Å²) in [6.07, 6.45) is 1.72. The van der Waals surface area contributed by atoms with E-state index in [0.29, 0.717) is 12.3 Å². The summed E-state index contributed by atoms with van der Waals surface area (Å²) in [6.45, 7) is 4.42. The van der Waals surface area contributed by atoms with Crippen LogP contribution in [0.4, 0.5) is 0 Å². The van der Waals surface area contributed by atoms with Crippen LogP contribution in [0.3, 0.4) is 0 Å². The number of rotatable bonds is 6. The number of carboxylic acids is 1. The summed E-state index contributed by atoms with van der Waals surface area (Å²) in [7, 11) is 0. The lowest BCUT2D eigenvalue weighted by Crippen LogP contribution is -1.97. The topological polar surface area (TPSA) is 50.2 Å². The van der Waals surface area contributed by atoms with Gasteiger partial charge in [-0.3, -0.25) is 4.79 Å². The number of thiazole rings is 1. The summed E-state index contributed by atoms with van der Waals surface area (Å²) < 4.78 is 0. The van der Waals surface area contributed by atoms with Crippen molar-refractivity contribution in [2.45, 2.75) is 33.1 Å². The Bertz CT molecular complexity index is 572. The van der Waals surface area contributed by atoms with Crippen LogP contribution in [-0.2, 0) is 17.6 Å². The van der Waals surface area contributed by atoms with Crippen LogP contribution in [0.25, 0.3) is 10.6 Å². The Morgan fingerprint density at radius 3 is 2.60 bits per heavy atom. The van der Waals surface area contributed by atoms with Crippen molar-refractivity contribution in [1.82, 2.24) is 4.98 Å². The van der Waals surface area contributed by atoms with Gasteiger partial charge < -0.3 is 5.11 Å². The third-order valence-electron chi connectivity index (χ3n) is 2.99. The average molecular weight is 289 g/mol. The van der Waals surface area contributed by atoms with E-state index >= 15 is 0 Å². The maximum Gasteiger partial charge on any atom is 0.303 e. The van der Waals surface area contributed by atoms with E-state index in [2.05, 4.69) is 43.1 Å². The molecule has 0 radical (unpaired) electrons. The monoisotopic (exact) mass is 289 g/mol. The normalized spacial score (nSPS) is 10.9. The number of carbonyl (C=O) groups is 1. The van der Waals surface area contributed by atoms with Crippen molar-refractivity contribution in [1.29, 1.82) is 0 Å². The minimum absolute atomic E-state index is 0.135. The summed E-state index contributed by atoms with van der Waals surface area (Å²) in [6, 6.07) is 8.48. The SMILES string of the molecule is CC(C)Cc1ccc(-c2nc(CCC(=O)O)cs2)cc1. The van der Waals surface area contributed by atoms with Gasteiger partial charge in [0.15, 0.2) is 0 Å². The zero-order chi connectivity index (χ0) is 14.5. The molecule has 2 rings (SSSR count). The van der Waals surface area contributed by atoms with Crippen LogP contribution in [0.5, 0.6) is 0 Å². The smallest absolute Gasteiger partial charge is 0.303 e. The summed E-state index contributed by atoms with van der Waals surface area (Å²) >= 11 is 1.57. The Hall–Kier alpha value is -1.68. The van der Waals surface area contributed by atoms with Crippen molar-refractivity contribution in [3.63, 3.8) is 0 Å². The van der Waals surface area contributed by atoms with E-state index in [-0.39, 0.29) is 6.42 Å². The molecule has 0 aliphatic rings. The van der Waals surface area contributed by atoms with Crippen LogP contribution >= 0.6 is 11.3 Å². The molecule has 106 valence electrons. The second-order valence-electron chi connectivity index (χ2n) is 5.33. The molecule has 0 aliphatic carbocycles. The highest BCUT2D eigenvalue weighted by molar-refractivity contribution is 7.13. The Labute approximate surface area is 123 Å². The highest BCUT2D eigenvalue weighted by atomic mass is 32.1. The van der Waals surface area contributed by atoms with Crippen LogP contribution in [-0.4, -0.2) is 16.1 Å². The molecule has 1 aromatic heterocycles. The summed E-state index contributed by atoms with van der Waals surface area (Å²) in [5, 5.41) is 11.6. The maximum atomic E-state index is 10.6. The molecule has 0 saturated heterocycles. The summed E-state index contributed by atoms with van der Waals surface area (Å²) in [5.74, 6) is -0.124. The number of hydrogen-bond acceptors (Lipinski definition) is 3. The molecule has 0 saturated carbocycles. The molecule has 0 atom stereocenters. The van der Waals surface area contributed by atoms with Gasteiger partial charge in [-0.1, -0.05) is 38.1 Å². The first-order valence-electron chi connectivity index (χ1n) is 6.80. The first-order chi connectivity index (χ1) is 9.54. The Kier molecular flexibility index (Phi) is 4.90. The number of aliphatic carboxylic acids is 1. The van der Waals surface area contributed by atoms with Crippen molar-refractivity contribution >= 4 is 17.3 Å². The van der Waals surface area contributed by atoms with Crippen molar-refractivity contribution < 1.29 is 9.90 Å². The molecule has 1 aromatic carbocycles. The van der Waals surface area contributed by atoms with Gasteiger partial charge in [-0.15, -0.1) is 11.3 Å². The van der Waals surface area contributed by atoms with Crippen LogP contribution in [0.1, 0.15) is 31.5 Å². The van der Waals surface area contributed by atoms with E-state index in [4.69, 9.17) is 5.11 Å². The molecule has 0 amide bonds. The second-order valence-corrected chi connectivity index (χ2v) is 6.19. The van der Waals surface area contributed by atoms with Crippen molar-refractivity contribution in [3.05, 3.63) is 40.9 Å². The fraction of sp³-hybridized carbons (Fsp3) is 0.375. The number of nitrogens with zero attached hydrogens (tertiary/aromatic N) is 1. The van der Waals surface area contributed by atoms with Crippen LogP contribution in [0.15, 0.2) is 29.6 Å². The minimum atomic E-state index is -0.780. The predicted octanol–water partition coefficient (Wildman–Crippen LogP) is 4.03. The second kappa shape index (κ2) is 6.66. The number of aromatic nitrogens is 1. The lowest BCUT2D eigenvalue weighted by atomic mass is 10.0. The quantitative estimate of drug-likeness (QED) is 0.873.